The Morgan fingerprint density at radius 1 is 1.19 bits per heavy atom. The normalized spacial score (nSPS) is 10.8. The van der Waals surface area contributed by atoms with Crippen LogP contribution in [-0.4, -0.2) is 26.9 Å². The lowest BCUT2D eigenvalue weighted by Crippen LogP contribution is -2.27. The first-order valence-electron chi connectivity index (χ1n) is 8.47. The molecule has 1 amide bonds. The lowest BCUT2D eigenvalue weighted by Gasteiger charge is -2.08. The summed E-state index contributed by atoms with van der Waals surface area (Å²) in [6, 6.07) is 14.3. The van der Waals surface area contributed by atoms with Crippen molar-refractivity contribution in [2.75, 3.05) is 6.54 Å². The molecule has 0 saturated carbocycles. The van der Waals surface area contributed by atoms with Gasteiger partial charge in [0, 0.05) is 24.7 Å². The van der Waals surface area contributed by atoms with Gasteiger partial charge in [-0.15, -0.1) is 0 Å². The Hall–Kier alpha value is -3.22. The van der Waals surface area contributed by atoms with Gasteiger partial charge in [0.05, 0.1) is 22.4 Å². The summed E-state index contributed by atoms with van der Waals surface area (Å²) < 4.78 is 2.13. The maximum Gasteiger partial charge on any atom is 0.273 e. The van der Waals surface area contributed by atoms with Crippen molar-refractivity contribution in [2.45, 2.75) is 26.3 Å². The first-order valence-corrected chi connectivity index (χ1v) is 8.47. The highest BCUT2D eigenvalue weighted by Crippen LogP contribution is 2.18. The molecule has 0 radical (unpaired) electrons. The van der Waals surface area contributed by atoms with Gasteiger partial charge in [0.25, 0.3) is 5.69 Å². The Balaban J connectivity index is 1.53. The van der Waals surface area contributed by atoms with Crippen LogP contribution in [0.5, 0.6) is 0 Å². The number of nitrogens with zero attached hydrogens (tertiary/aromatic N) is 3. The number of aromatic nitrogens is 2. The topological polar surface area (TPSA) is 90.1 Å². The van der Waals surface area contributed by atoms with Crippen molar-refractivity contribution >= 4 is 22.6 Å². The molecule has 0 aliphatic heterocycles. The van der Waals surface area contributed by atoms with Crippen LogP contribution in [0, 0.1) is 17.0 Å². The molecule has 0 atom stereocenters. The van der Waals surface area contributed by atoms with E-state index in [-0.39, 0.29) is 18.0 Å². The van der Waals surface area contributed by atoms with E-state index < -0.39 is 4.92 Å². The maximum absolute atomic E-state index is 12.1. The largest absolute Gasteiger partial charge is 0.356 e. The van der Waals surface area contributed by atoms with E-state index in [1.807, 2.05) is 31.2 Å². The van der Waals surface area contributed by atoms with Crippen molar-refractivity contribution in [2.24, 2.45) is 0 Å². The minimum atomic E-state index is -0.463. The fourth-order valence-electron chi connectivity index (χ4n) is 3.02. The molecule has 0 bridgehead atoms. The molecule has 134 valence electrons. The fraction of sp³-hybridized carbons (Fsp3) is 0.263. The number of aryl methyl sites for hydroxylation is 2. The molecular weight excluding hydrogens is 332 g/mol. The lowest BCUT2D eigenvalue weighted by molar-refractivity contribution is -0.385. The highest BCUT2D eigenvalue weighted by Gasteiger charge is 2.15. The molecule has 1 N–H and O–H groups in total. The molecule has 7 nitrogen and oxygen atoms in total. The molecule has 7 heteroatoms. The SMILES string of the molecule is Cc1nc2ccccc2n1CCCNC(=O)Cc1ccccc1[N+](=O)[O-]. The second kappa shape index (κ2) is 7.77. The van der Waals surface area contributed by atoms with Gasteiger partial charge in [0.1, 0.15) is 5.82 Å². The van der Waals surface area contributed by atoms with E-state index in [9.17, 15) is 14.9 Å². The average molecular weight is 352 g/mol. The molecule has 0 spiro atoms. The van der Waals surface area contributed by atoms with Gasteiger partial charge in [0.15, 0.2) is 0 Å². The van der Waals surface area contributed by atoms with Gasteiger partial charge in [-0.25, -0.2) is 4.98 Å². The Bertz CT molecular complexity index is 949. The van der Waals surface area contributed by atoms with Crippen LogP contribution in [0.4, 0.5) is 5.69 Å². The summed E-state index contributed by atoms with van der Waals surface area (Å²) in [5.41, 5.74) is 2.44. The molecule has 0 unspecified atom stereocenters. The van der Waals surface area contributed by atoms with Gasteiger partial charge in [0.2, 0.25) is 5.91 Å². The first kappa shape index (κ1) is 17.6. The number of fused-ring (bicyclic) bond motifs is 1. The number of hydrogen-bond donors (Lipinski definition) is 1. The minimum absolute atomic E-state index is 0.00415. The van der Waals surface area contributed by atoms with Crippen LogP contribution in [0.1, 0.15) is 17.8 Å². The summed E-state index contributed by atoms with van der Waals surface area (Å²) in [7, 11) is 0. The summed E-state index contributed by atoms with van der Waals surface area (Å²) >= 11 is 0. The Morgan fingerprint density at radius 3 is 2.73 bits per heavy atom. The fourth-order valence-corrected chi connectivity index (χ4v) is 3.02. The number of nitro benzene ring substituents is 1. The number of para-hydroxylation sites is 3. The third-order valence-electron chi connectivity index (χ3n) is 4.27. The van der Waals surface area contributed by atoms with Gasteiger partial charge < -0.3 is 9.88 Å². The lowest BCUT2D eigenvalue weighted by atomic mass is 10.1. The molecule has 1 aromatic heterocycles. The minimum Gasteiger partial charge on any atom is -0.356 e. The molecule has 26 heavy (non-hydrogen) atoms. The van der Waals surface area contributed by atoms with Crippen molar-refractivity contribution in [3.8, 4) is 0 Å². The van der Waals surface area contributed by atoms with E-state index in [0.29, 0.717) is 12.1 Å². The van der Waals surface area contributed by atoms with Crippen molar-refractivity contribution in [3.63, 3.8) is 0 Å². The quantitative estimate of drug-likeness (QED) is 0.402. The zero-order valence-corrected chi connectivity index (χ0v) is 14.5. The molecular formula is C19H20N4O3. The number of carbonyl (C=O) groups is 1. The van der Waals surface area contributed by atoms with Crippen molar-refractivity contribution < 1.29 is 9.72 Å². The van der Waals surface area contributed by atoms with Crippen LogP contribution in [0.25, 0.3) is 11.0 Å². The highest BCUT2D eigenvalue weighted by atomic mass is 16.6. The first-order chi connectivity index (χ1) is 12.6. The molecule has 0 fully saturated rings. The van der Waals surface area contributed by atoms with Gasteiger partial charge >= 0.3 is 0 Å². The second-order valence-corrected chi connectivity index (χ2v) is 6.07. The predicted molar refractivity (Wildman–Crippen MR) is 98.9 cm³/mol. The van der Waals surface area contributed by atoms with Crippen molar-refractivity contribution in [3.05, 3.63) is 70.0 Å². The summed E-state index contributed by atoms with van der Waals surface area (Å²) in [4.78, 5) is 27.1. The third-order valence-corrected chi connectivity index (χ3v) is 4.27. The highest BCUT2D eigenvalue weighted by molar-refractivity contribution is 5.79. The van der Waals surface area contributed by atoms with Crippen LogP contribution in [0.3, 0.4) is 0 Å². The molecule has 1 heterocycles. The zero-order valence-electron chi connectivity index (χ0n) is 14.5. The Morgan fingerprint density at radius 2 is 1.92 bits per heavy atom. The number of nitro groups is 1. The van der Waals surface area contributed by atoms with Crippen LogP contribution in [0.15, 0.2) is 48.5 Å². The monoisotopic (exact) mass is 352 g/mol. The van der Waals surface area contributed by atoms with E-state index in [4.69, 9.17) is 0 Å². The number of imidazole rings is 1. The summed E-state index contributed by atoms with van der Waals surface area (Å²) in [5.74, 6) is 0.726. The Labute approximate surface area is 150 Å². The number of rotatable bonds is 7. The van der Waals surface area contributed by atoms with Gasteiger partial charge in [-0.1, -0.05) is 30.3 Å². The van der Waals surface area contributed by atoms with Crippen molar-refractivity contribution in [1.82, 2.24) is 14.9 Å². The molecule has 0 aliphatic carbocycles. The van der Waals surface area contributed by atoms with Crippen LogP contribution >= 0.6 is 0 Å². The van der Waals surface area contributed by atoms with E-state index >= 15 is 0 Å². The predicted octanol–water partition coefficient (Wildman–Crippen LogP) is 3.00. The number of nitrogens with one attached hydrogen (secondary N) is 1. The van der Waals surface area contributed by atoms with Crippen LogP contribution in [0.2, 0.25) is 0 Å². The summed E-state index contributed by atoms with van der Waals surface area (Å²) in [6.07, 6.45) is 0.758. The number of amides is 1. The smallest absolute Gasteiger partial charge is 0.273 e. The standard InChI is InChI=1S/C19H20N4O3/c1-14-21-16-8-3-5-10-18(16)22(14)12-6-11-20-19(24)13-15-7-2-4-9-17(15)23(25)26/h2-5,7-10H,6,11-13H2,1H3,(H,20,24). The van der Waals surface area contributed by atoms with Crippen LogP contribution < -0.4 is 5.32 Å². The maximum atomic E-state index is 12.1. The molecule has 3 aromatic rings. The number of carbonyl (C=O) groups excluding carboxylic acids is 1. The summed E-state index contributed by atoms with van der Waals surface area (Å²) in [5, 5.41) is 13.8. The molecule has 3 rings (SSSR count). The second-order valence-electron chi connectivity index (χ2n) is 6.07. The van der Waals surface area contributed by atoms with Crippen LogP contribution in [-0.2, 0) is 17.8 Å². The average Bonchev–Trinajstić information content (AvgIpc) is 2.94. The van der Waals surface area contributed by atoms with E-state index in [1.54, 1.807) is 18.2 Å². The number of benzene rings is 2. The third kappa shape index (κ3) is 3.88. The van der Waals surface area contributed by atoms with Gasteiger partial charge in [-0.05, 0) is 25.5 Å². The zero-order chi connectivity index (χ0) is 18.5. The van der Waals surface area contributed by atoms with Crippen molar-refractivity contribution in [1.29, 1.82) is 0 Å². The molecule has 0 saturated heterocycles. The summed E-state index contributed by atoms with van der Waals surface area (Å²) in [6.45, 7) is 3.22. The molecule has 2 aromatic carbocycles. The number of hydrogen-bond acceptors (Lipinski definition) is 4. The molecule has 0 aliphatic rings. The van der Waals surface area contributed by atoms with E-state index in [0.717, 1.165) is 29.8 Å². The van der Waals surface area contributed by atoms with Gasteiger partial charge in [-0.3, -0.25) is 14.9 Å². The van der Waals surface area contributed by atoms with E-state index in [2.05, 4.69) is 14.9 Å². The van der Waals surface area contributed by atoms with E-state index in [1.165, 1.54) is 6.07 Å². The Kier molecular flexibility index (Phi) is 5.26. The van der Waals surface area contributed by atoms with Gasteiger partial charge in [-0.2, -0.15) is 0 Å².